The van der Waals surface area contributed by atoms with E-state index < -0.39 is 0 Å². The highest BCUT2D eigenvalue weighted by atomic mass is 35.5. The Labute approximate surface area is 166 Å². The van der Waals surface area contributed by atoms with Gasteiger partial charge in [-0.2, -0.15) is 0 Å². The Morgan fingerprint density at radius 1 is 1.07 bits per heavy atom. The standard InChI is InChI=1S/C20H29ClN4O2/c21-18-4-1-5-19(22-18)23-9-6-17(7-10-23)25-8-2-3-16(15-25)20(26)24-11-13-27-14-12-24/h1,4-5,16-17H,2-3,6-15H2/t16-/m1/s1. The third kappa shape index (κ3) is 4.55. The first-order valence-corrected chi connectivity index (χ1v) is 10.6. The Morgan fingerprint density at radius 2 is 1.85 bits per heavy atom. The lowest BCUT2D eigenvalue weighted by Gasteiger charge is -2.43. The molecule has 4 rings (SSSR count). The summed E-state index contributed by atoms with van der Waals surface area (Å²) in [6.07, 6.45) is 4.38. The number of aromatic nitrogens is 1. The lowest BCUT2D eigenvalue weighted by Crippen LogP contribution is -2.52. The fourth-order valence-corrected chi connectivity index (χ4v) is 4.77. The monoisotopic (exact) mass is 392 g/mol. The number of hydrogen-bond donors (Lipinski definition) is 0. The summed E-state index contributed by atoms with van der Waals surface area (Å²) in [6, 6.07) is 6.38. The van der Waals surface area contributed by atoms with Crippen LogP contribution in [0, 0.1) is 5.92 Å². The number of halogens is 1. The minimum absolute atomic E-state index is 0.157. The Morgan fingerprint density at radius 3 is 2.59 bits per heavy atom. The van der Waals surface area contributed by atoms with Crippen LogP contribution in [0.2, 0.25) is 5.15 Å². The molecule has 1 aromatic rings. The van der Waals surface area contributed by atoms with Crippen molar-refractivity contribution in [1.29, 1.82) is 0 Å². The van der Waals surface area contributed by atoms with E-state index in [4.69, 9.17) is 16.3 Å². The lowest BCUT2D eigenvalue weighted by molar-refractivity contribution is -0.141. The van der Waals surface area contributed by atoms with Crippen molar-refractivity contribution >= 4 is 23.3 Å². The highest BCUT2D eigenvalue weighted by Crippen LogP contribution is 2.27. The number of amides is 1. The predicted octanol–water partition coefficient (Wildman–Crippen LogP) is 2.27. The molecule has 0 unspecified atom stereocenters. The maximum Gasteiger partial charge on any atom is 0.227 e. The van der Waals surface area contributed by atoms with Crippen molar-refractivity contribution in [3.63, 3.8) is 0 Å². The number of hydrogen-bond acceptors (Lipinski definition) is 5. The number of ether oxygens (including phenoxy) is 1. The highest BCUT2D eigenvalue weighted by molar-refractivity contribution is 6.29. The van der Waals surface area contributed by atoms with Crippen molar-refractivity contribution in [3.8, 4) is 0 Å². The topological polar surface area (TPSA) is 48.9 Å². The molecule has 27 heavy (non-hydrogen) atoms. The molecule has 3 fully saturated rings. The summed E-state index contributed by atoms with van der Waals surface area (Å²) in [5, 5.41) is 0.551. The Hall–Kier alpha value is -1.37. The zero-order valence-corrected chi connectivity index (χ0v) is 16.6. The molecule has 0 saturated carbocycles. The maximum absolute atomic E-state index is 12.9. The predicted molar refractivity (Wildman–Crippen MR) is 106 cm³/mol. The van der Waals surface area contributed by atoms with Gasteiger partial charge in [0.25, 0.3) is 0 Å². The van der Waals surface area contributed by atoms with Gasteiger partial charge in [-0.05, 0) is 44.4 Å². The minimum Gasteiger partial charge on any atom is -0.378 e. The van der Waals surface area contributed by atoms with Crippen LogP contribution < -0.4 is 4.90 Å². The first-order valence-electron chi connectivity index (χ1n) is 10.2. The van der Waals surface area contributed by atoms with E-state index in [2.05, 4.69) is 14.8 Å². The van der Waals surface area contributed by atoms with Crippen LogP contribution >= 0.6 is 11.6 Å². The minimum atomic E-state index is 0.157. The number of likely N-dealkylation sites (tertiary alicyclic amines) is 1. The summed E-state index contributed by atoms with van der Waals surface area (Å²) in [4.78, 5) is 24.2. The van der Waals surface area contributed by atoms with Crippen molar-refractivity contribution in [2.45, 2.75) is 31.7 Å². The molecule has 4 heterocycles. The molecule has 6 nitrogen and oxygen atoms in total. The van der Waals surface area contributed by atoms with Gasteiger partial charge in [0.1, 0.15) is 11.0 Å². The molecule has 3 aliphatic rings. The molecule has 0 radical (unpaired) electrons. The van der Waals surface area contributed by atoms with Crippen LogP contribution in [0.25, 0.3) is 0 Å². The molecule has 0 aromatic carbocycles. The van der Waals surface area contributed by atoms with Crippen molar-refractivity contribution in [1.82, 2.24) is 14.8 Å². The van der Waals surface area contributed by atoms with Gasteiger partial charge >= 0.3 is 0 Å². The molecule has 7 heteroatoms. The third-order valence-electron chi connectivity index (χ3n) is 6.13. The smallest absolute Gasteiger partial charge is 0.227 e. The average molecular weight is 393 g/mol. The Balaban J connectivity index is 1.31. The van der Waals surface area contributed by atoms with Crippen LogP contribution in [-0.2, 0) is 9.53 Å². The number of rotatable bonds is 3. The zero-order valence-electron chi connectivity index (χ0n) is 15.9. The number of carbonyl (C=O) groups excluding carboxylic acids is 1. The van der Waals surface area contributed by atoms with E-state index in [0.717, 1.165) is 70.8 Å². The summed E-state index contributed by atoms with van der Waals surface area (Å²) >= 11 is 6.03. The molecule has 0 aliphatic carbocycles. The number of nitrogens with zero attached hydrogens (tertiary/aromatic N) is 4. The summed E-state index contributed by atoms with van der Waals surface area (Å²) < 4.78 is 5.39. The summed E-state index contributed by atoms with van der Waals surface area (Å²) in [7, 11) is 0. The van der Waals surface area contributed by atoms with E-state index in [1.165, 1.54) is 0 Å². The van der Waals surface area contributed by atoms with Crippen LogP contribution in [0.3, 0.4) is 0 Å². The molecule has 3 aliphatic heterocycles. The van der Waals surface area contributed by atoms with E-state index in [0.29, 0.717) is 30.3 Å². The number of carbonyl (C=O) groups is 1. The van der Waals surface area contributed by atoms with Gasteiger partial charge in [0.2, 0.25) is 5.91 Å². The first kappa shape index (κ1) is 19.0. The van der Waals surface area contributed by atoms with Gasteiger partial charge in [-0.15, -0.1) is 0 Å². The molecular weight excluding hydrogens is 364 g/mol. The average Bonchev–Trinajstić information content (AvgIpc) is 2.74. The number of pyridine rings is 1. The molecule has 1 amide bonds. The molecular formula is C20H29ClN4O2. The van der Waals surface area contributed by atoms with Gasteiger partial charge in [0.15, 0.2) is 0 Å². The SMILES string of the molecule is O=C([C@@H]1CCCN(C2CCN(c3cccc(Cl)n3)CC2)C1)N1CCOCC1. The number of morpholine rings is 1. The van der Waals surface area contributed by atoms with Gasteiger partial charge < -0.3 is 14.5 Å². The second kappa shape index (κ2) is 8.76. The lowest BCUT2D eigenvalue weighted by atomic mass is 9.92. The highest BCUT2D eigenvalue weighted by Gasteiger charge is 2.34. The number of piperidine rings is 2. The van der Waals surface area contributed by atoms with E-state index in [1.807, 2.05) is 23.1 Å². The molecule has 0 spiro atoms. The molecule has 1 atom stereocenters. The van der Waals surface area contributed by atoms with Crippen molar-refractivity contribution in [2.75, 3.05) is 57.4 Å². The van der Waals surface area contributed by atoms with Crippen LogP contribution in [0.4, 0.5) is 5.82 Å². The Kier molecular flexibility index (Phi) is 6.15. The van der Waals surface area contributed by atoms with Crippen molar-refractivity contribution in [3.05, 3.63) is 23.4 Å². The summed E-state index contributed by atoms with van der Waals surface area (Å²) in [5.41, 5.74) is 0. The maximum atomic E-state index is 12.9. The van der Waals surface area contributed by atoms with E-state index in [1.54, 1.807) is 0 Å². The van der Waals surface area contributed by atoms with Crippen LogP contribution in [0.15, 0.2) is 18.2 Å². The molecule has 1 aromatic heterocycles. The van der Waals surface area contributed by atoms with Gasteiger partial charge in [0, 0.05) is 38.8 Å². The van der Waals surface area contributed by atoms with E-state index in [-0.39, 0.29) is 5.92 Å². The van der Waals surface area contributed by atoms with Gasteiger partial charge in [-0.1, -0.05) is 17.7 Å². The van der Waals surface area contributed by atoms with E-state index >= 15 is 0 Å². The molecule has 148 valence electrons. The van der Waals surface area contributed by atoms with Gasteiger partial charge in [0.05, 0.1) is 19.1 Å². The van der Waals surface area contributed by atoms with Crippen LogP contribution in [0.5, 0.6) is 0 Å². The van der Waals surface area contributed by atoms with E-state index in [9.17, 15) is 4.79 Å². The fourth-order valence-electron chi connectivity index (χ4n) is 4.62. The number of anilines is 1. The normalized spacial score (nSPS) is 25.6. The van der Waals surface area contributed by atoms with Gasteiger partial charge in [-0.25, -0.2) is 4.98 Å². The third-order valence-corrected chi connectivity index (χ3v) is 6.34. The van der Waals surface area contributed by atoms with Crippen molar-refractivity contribution in [2.24, 2.45) is 5.92 Å². The second-order valence-electron chi connectivity index (χ2n) is 7.81. The molecule has 0 bridgehead atoms. The quantitative estimate of drug-likeness (QED) is 0.738. The fraction of sp³-hybridized carbons (Fsp3) is 0.700. The van der Waals surface area contributed by atoms with Crippen LogP contribution in [-0.4, -0.2) is 79.2 Å². The van der Waals surface area contributed by atoms with Gasteiger partial charge in [-0.3, -0.25) is 9.69 Å². The molecule has 0 N–H and O–H groups in total. The Bertz CT molecular complexity index is 645. The van der Waals surface area contributed by atoms with Crippen LogP contribution in [0.1, 0.15) is 25.7 Å². The molecule has 3 saturated heterocycles. The largest absolute Gasteiger partial charge is 0.378 e. The second-order valence-corrected chi connectivity index (χ2v) is 8.20. The zero-order chi connectivity index (χ0) is 18.6. The summed E-state index contributed by atoms with van der Waals surface area (Å²) in [6.45, 7) is 6.88. The summed E-state index contributed by atoms with van der Waals surface area (Å²) in [5.74, 6) is 1.47. The first-order chi connectivity index (χ1) is 13.2. The van der Waals surface area contributed by atoms with Crippen molar-refractivity contribution < 1.29 is 9.53 Å².